The van der Waals surface area contributed by atoms with Gasteiger partial charge in [0.25, 0.3) is 5.91 Å². The molecule has 0 saturated carbocycles. The van der Waals surface area contributed by atoms with E-state index >= 15 is 0 Å². The number of nitrogens with zero attached hydrogens (tertiary/aromatic N) is 1. The van der Waals surface area contributed by atoms with Gasteiger partial charge in [0.05, 0.1) is 5.69 Å². The van der Waals surface area contributed by atoms with Gasteiger partial charge in [0.1, 0.15) is 16.1 Å². The van der Waals surface area contributed by atoms with Crippen LogP contribution in [0.15, 0.2) is 45.5 Å². The average Bonchev–Trinajstić information content (AvgIpc) is 2.34. The topological polar surface area (TPSA) is 42.0 Å². The lowest BCUT2D eigenvalue weighted by Gasteiger charge is -2.07. The van der Waals surface area contributed by atoms with E-state index in [-0.39, 0.29) is 5.69 Å². The van der Waals surface area contributed by atoms with E-state index in [0.29, 0.717) is 14.8 Å². The van der Waals surface area contributed by atoms with Crippen LogP contribution in [0, 0.1) is 5.82 Å². The van der Waals surface area contributed by atoms with E-state index in [4.69, 9.17) is 0 Å². The Hall–Kier alpha value is -1.27. The molecule has 0 aliphatic carbocycles. The Labute approximate surface area is 120 Å². The predicted molar refractivity (Wildman–Crippen MR) is 74.0 cm³/mol. The van der Waals surface area contributed by atoms with E-state index in [1.54, 1.807) is 18.2 Å². The molecule has 0 saturated heterocycles. The number of anilines is 1. The van der Waals surface area contributed by atoms with Crippen LogP contribution in [-0.2, 0) is 0 Å². The second kappa shape index (κ2) is 5.58. The molecule has 18 heavy (non-hydrogen) atoms. The lowest BCUT2D eigenvalue weighted by molar-refractivity contribution is 0.102. The van der Waals surface area contributed by atoms with Crippen molar-refractivity contribution in [3.8, 4) is 0 Å². The van der Waals surface area contributed by atoms with Crippen LogP contribution in [-0.4, -0.2) is 10.9 Å². The van der Waals surface area contributed by atoms with Gasteiger partial charge in [-0.3, -0.25) is 4.79 Å². The van der Waals surface area contributed by atoms with Gasteiger partial charge in [0, 0.05) is 4.47 Å². The first-order valence-corrected chi connectivity index (χ1v) is 6.54. The summed E-state index contributed by atoms with van der Waals surface area (Å²) in [6.07, 6.45) is 0. The molecule has 2 rings (SSSR count). The molecule has 0 unspecified atom stereocenters. The highest BCUT2D eigenvalue weighted by molar-refractivity contribution is 9.10. The lowest BCUT2D eigenvalue weighted by Crippen LogP contribution is -2.14. The van der Waals surface area contributed by atoms with Crippen molar-refractivity contribution < 1.29 is 9.18 Å². The van der Waals surface area contributed by atoms with Crippen LogP contribution in [0.3, 0.4) is 0 Å². The van der Waals surface area contributed by atoms with Gasteiger partial charge in [-0.15, -0.1) is 0 Å². The quantitative estimate of drug-likeness (QED) is 0.808. The van der Waals surface area contributed by atoms with E-state index in [1.807, 2.05) is 0 Å². The summed E-state index contributed by atoms with van der Waals surface area (Å²) in [6, 6.07) is 9.06. The molecule has 0 radical (unpaired) electrons. The Morgan fingerprint density at radius 2 is 2.00 bits per heavy atom. The fourth-order valence-corrected chi connectivity index (χ4v) is 2.00. The minimum absolute atomic E-state index is 0.250. The van der Waals surface area contributed by atoms with E-state index in [9.17, 15) is 9.18 Å². The molecule has 2 aromatic rings. The maximum absolute atomic E-state index is 13.1. The van der Waals surface area contributed by atoms with E-state index in [2.05, 4.69) is 42.2 Å². The number of halogens is 3. The lowest BCUT2D eigenvalue weighted by atomic mass is 10.3. The van der Waals surface area contributed by atoms with Gasteiger partial charge in [0.15, 0.2) is 0 Å². The van der Waals surface area contributed by atoms with Crippen molar-refractivity contribution in [1.82, 2.24) is 4.98 Å². The Kier molecular flexibility index (Phi) is 4.08. The Bertz CT molecular complexity index is 604. The smallest absolute Gasteiger partial charge is 0.274 e. The van der Waals surface area contributed by atoms with E-state index < -0.39 is 11.7 Å². The summed E-state index contributed by atoms with van der Waals surface area (Å²) >= 11 is 6.42. The third-order valence-corrected chi connectivity index (χ3v) is 3.26. The van der Waals surface area contributed by atoms with Gasteiger partial charge < -0.3 is 5.32 Å². The largest absolute Gasteiger partial charge is 0.320 e. The highest BCUT2D eigenvalue weighted by Gasteiger charge is 2.10. The molecule has 1 aromatic carbocycles. The van der Waals surface area contributed by atoms with Crippen LogP contribution in [0.1, 0.15) is 10.5 Å². The highest BCUT2D eigenvalue weighted by atomic mass is 79.9. The summed E-state index contributed by atoms with van der Waals surface area (Å²) in [4.78, 5) is 15.9. The molecule has 0 atom stereocenters. The molecule has 92 valence electrons. The van der Waals surface area contributed by atoms with Gasteiger partial charge in [-0.2, -0.15) is 0 Å². The first-order chi connectivity index (χ1) is 8.56. The zero-order chi connectivity index (χ0) is 13.1. The number of aromatic nitrogens is 1. The highest BCUT2D eigenvalue weighted by Crippen LogP contribution is 2.23. The van der Waals surface area contributed by atoms with Crippen molar-refractivity contribution in [1.29, 1.82) is 0 Å². The number of benzene rings is 1. The predicted octanol–water partition coefficient (Wildman–Crippen LogP) is 4.00. The van der Waals surface area contributed by atoms with Gasteiger partial charge in [-0.25, -0.2) is 9.37 Å². The number of pyridine rings is 1. The number of carbonyl (C=O) groups excluding carboxylic acids is 1. The van der Waals surface area contributed by atoms with Crippen molar-refractivity contribution >= 4 is 43.5 Å². The monoisotopic (exact) mass is 372 g/mol. The first-order valence-electron chi connectivity index (χ1n) is 4.95. The van der Waals surface area contributed by atoms with Crippen LogP contribution in [0.25, 0.3) is 0 Å². The van der Waals surface area contributed by atoms with Crippen molar-refractivity contribution in [3.63, 3.8) is 0 Å². The molecule has 1 heterocycles. The summed E-state index contributed by atoms with van der Waals surface area (Å²) in [5, 5.41) is 2.59. The van der Waals surface area contributed by atoms with Crippen LogP contribution < -0.4 is 5.32 Å². The van der Waals surface area contributed by atoms with Crippen molar-refractivity contribution in [2.45, 2.75) is 0 Å². The zero-order valence-electron chi connectivity index (χ0n) is 8.95. The number of hydrogen-bond donors (Lipinski definition) is 1. The van der Waals surface area contributed by atoms with Gasteiger partial charge in [-0.1, -0.05) is 6.07 Å². The third-order valence-electron chi connectivity index (χ3n) is 2.12. The molecule has 1 N–H and O–H groups in total. The molecule has 0 spiro atoms. The van der Waals surface area contributed by atoms with Crippen molar-refractivity contribution in [2.75, 3.05) is 5.32 Å². The minimum atomic E-state index is -0.421. The van der Waals surface area contributed by atoms with Crippen LogP contribution in [0.2, 0.25) is 0 Å². The fraction of sp³-hybridized carbons (Fsp3) is 0. The maximum atomic E-state index is 13.1. The van der Waals surface area contributed by atoms with Crippen molar-refractivity contribution in [2.24, 2.45) is 0 Å². The van der Waals surface area contributed by atoms with Crippen LogP contribution in [0.4, 0.5) is 10.1 Å². The van der Waals surface area contributed by atoms with E-state index in [1.165, 1.54) is 18.2 Å². The molecule has 0 aliphatic heterocycles. The normalized spacial score (nSPS) is 10.2. The Morgan fingerprint density at radius 3 is 2.72 bits per heavy atom. The number of nitrogens with one attached hydrogen (secondary N) is 1. The maximum Gasteiger partial charge on any atom is 0.274 e. The Balaban J connectivity index is 2.24. The van der Waals surface area contributed by atoms with Gasteiger partial charge >= 0.3 is 0 Å². The molecule has 0 fully saturated rings. The second-order valence-corrected chi connectivity index (χ2v) is 5.09. The summed E-state index contributed by atoms with van der Waals surface area (Å²) in [5.41, 5.74) is 0.613. The molecular weight excluding hydrogens is 367 g/mol. The summed E-state index contributed by atoms with van der Waals surface area (Å²) in [5.74, 6) is -0.821. The van der Waals surface area contributed by atoms with Gasteiger partial charge in [-0.05, 0) is 62.2 Å². The number of amides is 1. The first kappa shape index (κ1) is 13.2. The van der Waals surface area contributed by atoms with Crippen molar-refractivity contribution in [3.05, 3.63) is 57.0 Å². The summed E-state index contributed by atoms with van der Waals surface area (Å²) < 4.78 is 14.2. The minimum Gasteiger partial charge on any atom is -0.320 e. The third kappa shape index (κ3) is 3.14. The molecule has 1 amide bonds. The Morgan fingerprint density at radius 1 is 1.22 bits per heavy atom. The molecule has 0 aliphatic rings. The standard InChI is InChI=1S/C12H7Br2FN2O/c13-8-5-4-7(15)6-10(8)17-12(18)9-2-1-3-11(14)16-9/h1-6H,(H,17,18). The molecule has 3 nitrogen and oxygen atoms in total. The van der Waals surface area contributed by atoms with Crippen LogP contribution in [0.5, 0.6) is 0 Å². The molecule has 6 heteroatoms. The van der Waals surface area contributed by atoms with Gasteiger partial charge in [0.2, 0.25) is 0 Å². The van der Waals surface area contributed by atoms with E-state index in [0.717, 1.165) is 0 Å². The second-order valence-electron chi connectivity index (χ2n) is 3.42. The zero-order valence-corrected chi connectivity index (χ0v) is 12.1. The number of rotatable bonds is 2. The molecular formula is C12H7Br2FN2O. The summed E-state index contributed by atoms with van der Waals surface area (Å²) in [7, 11) is 0. The number of hydrogen-bond acceptors (Lipinski definition) is 2. The average molecular weight is 374 g/mol. The fourth-order valence-electron chi connectivity index (χ4n) is 1.31. The molecule has 0 bridgehead atoms. The molecule has 1 aromatic heterocycles. The number of carbonyl (C=O) groups is 1. The van der Waals surface area contributed by atoms with Crippen LogP contribution >= 0.6 is 31.9 Å². The summed E-state index contributed by atoms with van der Waals surface area (Å²) in [6.45, 7) is 0. The SMILES string of the molecule is O=C(Nc1cc(F)ccc1Br)c1cccc(Br)n1.